The highest BCUT2D eigenvalue weighted by Crippen LogP contribution is 2.34. The molecule has 294 valence electrons. The Morgan fingerprint density at radius 2 is 1.68 bits per heavy atom. The first-order valence-electron chi connectivity index (χ1n) is 19.8. The van der Waals surface area contributed by atoms with Gasteiger partial charge < -0.3 is 30.3 Å². The summed E-state index contributed by atoms with van der Waals surface area (Å²) in [7, 11) is 3.85. The SMILES string of the molecule is CCc1nc2c(cnn2CC)c(NC2CCOCC2)c1CN(Cc1cc(OC)cc(-c2cccc(CN3CCN(C)CC3)c2)c1)C(=O)c1cccc(C(N)=O)c1. The first kappa shape index (κ1) is 39.0. The molecule has 2 aliphatic heterocycles. The van der Waals surface area contributed by atoms with Crippen molar-refractivity contribution < 1.29 is 19.1 Å². The van der Waals surface area contributed by atoms with E-state index in [1.165, 1.54) is 5.56 Å². The first-order chi connectivity index (χ1) is 27.2. The topological polar surface area (TPSA) is 131 Å². The second-order valence-electron chi connectivity index (χ2n) is 15.0. The minimum absolute atomic E-state index is 0.201. The minimum atomic E-state index is -0.586. The second kappa shape index (κ2) is 17.7. The summed E-state index contributed by atoms with van der Waals surface area (Å²) in [5, 5.41) is 9.47. The van der Waals surface area contributed by atoms with Gasteiger partial charge in [-0.25, -0.2) is 9.67 Å². The number of aromatic nitrogens is 3. The van der Waals surface area contributed by atoms with Crippen LogP contribution >= 0.6 is 0 Å². The smallest absolute Gasteiger partial charge is 0.254 e. The van der Waals surface area contributed by atoms with Crippen molar-refractivity contribution in [2.24, 2.45) is 5.73 Å². The summed E-state index contributed by atoms with van der Waals surface area (Å²) in [6, 6.07) is 21.7. The van der Waals surface area contributed by atoms with Crippen molar-refractivity contribution in [3.63, 3.8) is 0 Å². The number of primary amides is 1. The molecule has 2 fully saturated rings. The van der Waals surface area contributed by atoms with Crippen molar-refractivity contribution >= 4 is 28.5 Å². The predicted molar refractivity (Wildman–Crippen MR) is 220 cm³/mol. The summed E-state index contributed by atoms with van der Waals surface area (Å²) in [6.45, 7) is 11.9. The summed E-state index contributed by atoms with van der Waals surface area (Å²) in [4.78, 5) is 38.9. The highest BCUT2D eigenvalue weighted by molar-refractivity contribution is 5.99. The molecule has 0 saturated carbocycles. The van der Waals surface area contributed by atoms with Crippen LogP contribution in [0.15, 0.2) is 72.9 Å². The van der Waals surface area contributed by atoms with E-state index in [9.17, 15) is 9.59 Å². The van der Waals surface area contributed by atoms with E-state index in [4.69, 9.17) is 20.2 Å². The number of nitrogens with two attached hydrogens (primary N) is 1. The fourth-order valence-electron chi connectivity index (χ4n) is 7.83. The molecule has 3 N–H and O–H groups in total. The number of likely N-dealkylation sites (N-methyl/N-ethyl adjacent to an activating group) is 1. The van der Waals surface area contributed by atoms with Gasteiger partial charge in [0, 0.05) is 87.5 Å². The molecule has 2 aromatic heterocycles. The molecule has 56 heavy (non-hydrogen) atoms. The molecular weight excluding hydrogens is 705 g/mol. The van der Waals surface area contributed by atoms with E-state index >= 15 is 0 Å². The maximum absolute atomic E-state index is 14.8. The molecule has 0 radical (unpaired) electrons. The van der Waals surface area contributed by atoms with Gasteiger partial charge >= 0.3 is 0 Å². The monoisotopic (exact) mass is 758 g/mol. The van der Waals surface area contributed by atoms with Gasteiger partial charge in [-0.05, 0) is 98.0 Å². The number of aryl methyl sites for hydroxylation is 2. The Hall–Kier alpha value is -5.30. The van der Waals surface area contributed by atoms with E-state index in [-0.39, 0.29) is 30.6 Å². The number of anilines is 1. The third-order valence-corrected chi connectivity index (χ3v) is 11.0. The van der Waals surface area contributed by atoms with Gasteiger partial charge in [0.2, 0.25) is 5.91 Å². The van der Waals surface area contributed by atoms with Crippen LogP contribution in [0.1, 0.15) is 69.8 Å². The van der Waals surface area contributed by atoms with Crippen LogP contribution in [0.3, 0.4) is 0 Å². The highest BCUT2D eigenvalue weighted by Gasteiger charge is 2.26. The van der Waals surface area contributed by atoms with Gasteiger partial charge in [0.05, 0.1) is 30.9 Å². The lowest BCUT2D eigenvalue weighted by molar-refractivity contribution is 0.0729. The van der Waals surface area contributed by atoms with Gasteiger partial charge in [-0.3, -0.25) is 14.5 Å². The van der Waals surface area contributed by atoms with Gasteiger partial charge in [-0.15, -0.1) is 0 Å². The predicted octanol–water partition coefficient (Wildman–Crippen LogP) is 5.97. The Kier molecular flexibility index (Phi) is 12.3. The third-order valence-electron chi connectivity index (χ3n) is 11.0. The van der Waals surface area contributed by atoms with E-state index < -0.39 is 5.91 Å². The number of fused-ring (bicyclic) bond motifs is 1. The Bertz CT molecular complexity index is 2170. The average Bonchev–Trinajstić information content (AvgIpc) is 3.65. The van der Waals surface area contributed by atoms with Gasteiger partial charge in [-0.1, -0.05) is 31.2 Å². The van der Waals surface area contributed by atoms with Crippen LogP contribution in [0.25, 0.3) is 22.2 Å². The zero-order valence-electron chi connectivity index (χ0n) is 33.1. The third kappa shape index (κ3) is 8.88. The summed E-state index contributed by atoms with van der Waals surface area (Å²) in [5.41, 5.74) is 14.2. The summed E-state index contributed by atoms with van der Waals surface area (Å²) in [6.07, 6.45) is 4.29. The first-order valence-corrected chi connectivity index (χ1v) is 19.8. The van der Waals surface area contributed by atoms with Gasteiger partial charge in [-0.2, -0.15) is 5.10 Å². The lowest BCUT2D eigenvalue weighted by Gasteiger charge is -2.32. The van der Waals surface area contributed by atoms with Crippen LogP contribution in [0.5, 0.6) is 5.75 Å². The Morgan fingerprint density at radius 1 is 0.929 bits per heavy atom. The Labute approximate surface area is 329 Å². The van der Waals surface area contributed by atoms with Crippen molar-refractivity contribution in [2.45, 2.75) is 65.3 Å². The van der Waals surface area contributed by atoms with E-state index in [0.717, 1.165) is 90.2 Å². The highest BCUT2D eigenvalue weighted by atomic mass is 16.5. The number of benzene rings is 3. The zero-order valence-corrected chi connectivity index (χ0v) is 33.1. The lowest BCUT2D eigenvalue weighted by Crippen LogP contribution is -2.43. The number of ether oxygens (including phenoxy) is 2. The van der Waals surface area contributed by atoms with Crippen molar-refractivity contribution in [1.82, 2.24) is 29.5 Å². The number of pyridine rings is 1. The van der Waals surface area contributed by atoms with Gasteiger partial charge in [0.15, 0.2) is 5.65 Å². The molecule has 0 bridgehead atoms. The lowest BCUT2D eigenvalue weighted by atomic mass is 9.99. The number of carbonyl (C=O) groups is 2. The largest absolute Gasteiger partial charge is 0.497 e. The molecule has 0 atom stereocenters. The number of nitrogens with one attached hydrogen (secondary N) is 1. The molecule has 2 amide bonds. The molecule has 12 nitrogen and oxygen atoms in total. The van der Waals surface area contributed by atoms with Gasteiger partial charge in [0.25, 0.3) is 5.91 Å². The number of rotatable bonds is 14. The fourth-order valence-corrected chi connectivity index (χ4v) is 7.83. The number of methoxy groups -OCH3 is 1. The van der Waals surface area contributed by atoms with Gasteiger partial charge in [0.1, 0.15) is 5.75 Å². The molecule has 3 aromatic carbocycles. The number of hydrogen-bond donors (Lipinski definition) is 2. The molecule has 7 rings (SSSR count). The maximum atomic E-state index is 14.8. The number of amides is 2. The normalized spacial score (nSPS) is 15.6. The average molecular weight is 759 g/mol. The van der Waals surface area contributed by atoms with E-state index in [2.05, 4.69) is 77.5 Å². The molecule has 4 heterocycles. The Morgan fingerprint density at radius 3 is 2.41 bits per heavy atom. The molecule has 5 aromatic rings. The molecule has 2 saturated heterocycles. The zero-order chi connectivity index (χ0) is 39.2. The molecule has 0 unspecified atom stereocenters. The van der Waals surface area contributed by atoms with Crippen molar-refractivity contribution in [2.75, 3.05) is 58.9 Å². The van der Waals surface area contributed by atoms with Crippen LogP contribution < -0.4 is 15.8 Å². The Balaban J connectivity index is 1.28. The summed E-state index contributed by atoms with van der Waals surface area (Å²) >= 11 is 0. The quantitative estimate of drug-likeness (QED) is 0.141. The number of carbonyl (C=O) groups excluding carboxylic acids is 2. The molecule has 0 spiro atoms. The van der Waals surface area contributed by atoms with Crippen LogP contribution in [-0.2, 0) is 37.3 Å². The van der Waals surface area contributed by atoms with Crippen LogP contribution in [0.2, 0.25) is 0 Å². The van der Waals surface area contributed by atoms with E-state index in [1.54, 1.807) is 31.4 Å². The number of nitrogens with zero attached hydrogens (tertiary/aromatic N) is 6. The van der Waals surface area contributed by atoms with Crippen LogP contribution in [-0.4, -0.2) is 101 Å². The van der Waals surface area contributed by atoms with Crippen molar-refractivity contribution in [3.05, 3.63) is 106 Å². The standard InChI is InChI=1S/C44H54N8O4/c1-5-40-39(41(47-36-13-19-56-20-14-36)38-26-46-52(6-2)43(38)48-40)29-51(44(54)34-12-8-11-33(24-34)42(45)53)28-31-22-35(25-37(23-31)55-4)32-10-7-9-30(21-32)27-50-17-15-49(3)16-18-50/h7-12,21-26,36H,5-6,13-20,27-29H2,1-4H3,(H2,45,53)(H,47,48). The molecule has 12 heteroatoms. The van der Waals surface area contributed by atoms with E-state index in [0.29, 0.717) is 37.5 Å². The van der Waals surface area contributed by atoms with Crippen molar-refractivity contribution in [1.29, 1.82) is 0 Å². The minimum Gasteiger partial charge on any atom is -0.497 e. The summed E-state index contributed by atoms with van der Waals surface area (Å²) < 4.78 is 13.5. The van der Waals surface area contributed by atoms with Crippen LogP contribution in [0, 0.1) is 0 Å². The second-order valence-corrected chi connectivity index (χ2v) is 15.0. The molecule has 0 aliphatic carbocycles. The van der Waals surface area contributed by atoms with Crippen molar-refractivity contribution in [3.8, 4) is 16.9 Å². The molecular formula is C44H54N8O4. The number of piperazine rings is 1. The maximum Gasteiger partial charge on any atom is 0.254 e. The van der Waals surface area contributed by atoms with Crippen LogP contribution in [0.4, 0.5) is 5.69 Å². The fraction of sp³-hybridized carbons (Fsp3) is 0.409. The molecule has 2 aliphatic rings. The number of hydrogen-bond acceptors (Lipinski definition) is 9. The van der Waals surface area contributed by atoms with E-state index in [1.807, 2.05) is 21.8 Å². The summed E-state index contributed by atoms with van der Waals surface area (Å²) in [5.74, 6) is -0.108.